The molecule has 1 fully saturated rings. The second-order valence-electron chi connectivity index (χ2n) is 4.71. The van der Waals surface area contributed by atoms with Gasteiger partial charge in [0, 0.05) is 13.1 Å². The lowest BCUT2D eigenvalue weighted by molar-refractivity contribution is -0.127. The number of halogens is 3. The number of hydrogen-bond donors (Lipinski definition) is 2. The molecule has 0 aliphatic carbocycles. The summed E-state index contributed by atoms with van der Waals surface area (Å²) in [7, 11) is 0. The van der Waals surface area contributed by atoms with Crippen LogP contribution in [0.15, 0.2) is 12.1 Å². The van der Waals surface area contributed by atoms with Crippen LogP contribution >= 0.6 is 0 Å². The van der Waals surface area contributed by atoms with E-state index in [0.29, 0.717) is 13.1 Å². The summed E-state index contributed by atoms with van der Waals surface area (Å²) < 4.78 is 39.4. The van der Waals surface area contributed by atoms with Crippen molar-refractivity contribution in [2.24, 2.45) is 0 Å². The third-order valence-electron chi connectivity index (χ3n) is 3.29. The van der Waals surface area contributed by atoms with Crippen molar-refractivity contribution >= 4 is 17.5 Å². The highest BCUT2D eigenvalue weighted by Gasteiger charge is 2.27. The van der Waals surface area contributed by atoms with Crippen LogP contribution in [0.4, 0.5) is 18.9 Å². The Morgan fingerprint density at radius 2 is 2.05 bits per heavy atom. The normalized spacial score (nSPS) is 17.2. The van der Waals surface area contributed by atoms with E-state index in [1.807, 2.05) is 0 Å². The van der Waals surface area contributed by atoms with Crippen molar-refractivity contribution < 1.29 is 22.8 Å². The van der Waals surface area contributed by atoms with Crippen LogP contribution in [0.5, 0.6) is 0 Å². The van der Waals surface area contributed by atoms with E-state index in [4.69, 9.17) is 0 Å². The Bertz CT molecular complexity index is 580. The summed E-state index contributed by atoms with van der Waals surface area (Å²) in [4.78, 5) is 24.9. The smallest absolute Gasteiger partial charge is 0.241 e. The van der Waals surface area contributed by atoms with Gasteiger partial charge < -0.3 is 10.6 Å². The van der Waals surface area contributed by atoms with E-state index in [0.717, 1.165) is 12.1 Å². The zero-order valence-electron chi connectivity index (χ0n) is 11.3. The lowest BCUT2D eigenvalue weighted by Gasteiger charge is -2.31. The standard InChI is InChI=1S/C13H14F3N3O2/c1-7(19-5-4-17-10(20)6-19)13(21)18-9-3-2-8(14)11(15)12(9)16/h2-3,7H,4-6H2,1H3,(H,17,20)(H,18,21)/t7-/m0/s1. The van der Waals surface area contributed by atoms with E-state index in [-0.39, 0.29) is 12.5 Å². The fourth-order valence-corrected chi connectivity index (χ4v) is 2.01. The van der Waals surface area contributed by atoms with Crippen molar-refractivity contribution in [1.82, 2.24) is 10.2 Å². The number of rotatable bonds is 3. The molecule has 0 bridgehead atoms. The van der Waals surface area contributed by atoms with Gasteiger partial charge in [-0.05, 0) is 19.1 Å². The molecular formula is C13H14F3N3O2. The van der Waals surface area contributed by atoms with Gasteiger partial charge in [-0.3, -0.25) is 14.5 Å². The molecule has 0 spiro atoms. The van der Waals surface area contributed by atoms with Gasteiger partial charge in [0.1, 0.15) is 0 Å². The zero-order valence-corrected chi connectivity index (χ0v) is 11.3. The number of piperazine rings is 1. The Kier molecular flexibility index (Phi) is 4.46. The Labute approximate surface area is 119 Å². The summed E-state index contributed by atoms with van der Waals surface area (Å²) in [6.45, 7) is 2.48. The molecule has 2 amide bonds. The van der Waals surface area contributed by atoms with Crippen LogP contribution in [0, 0.1) is 17.5 Å². The SMILES string of the molecule is C[C@@H](C(=O)Nc1ccc(F)c(F)c1F)N1CCNC(=O)C1. The molecule has 1 saturated heterocycles. The van der Waals surface area contributed by atoms with Gasteiger partial charge in [0.05, 0.1) is 18.3 Å². The zero-order chi connectivity index (χ0) is 15.6. The minimum Gasteiger partial charge on any atom is -0.354 e. The summed E-state index contributed by atoms with van der Waals surface area (Å²) in [5.74, 6) is -5.23. The average molecular weight is 301 g/mol. The van der Waals surface area contributed by atoms with Crippen LogP contribution in [0.1, 0.15) is 6.92 Å². The first-order valence-corrected chi connectivity index (χ1v) is 6.35. The number of benzene rings is 1. The summed E-state index contributed by atoms with van der Waals surface area (Å²) in [6.07, 6.45) is 0. The van der Waals surface area contributed by atoms with Crippen molar-refractivity contribution in [2.75, 3.05) is 25.0 Å². The van der Waals surface area contributed by atoms with Crippen LogP contribution in [-0.4, -0.2) is 42.4 Å². The Balaban J connectivity index is 2.07. The van der Waals surface area contributed by atoms with Crippen LogP contribution in [-0.2, 0) is 9.59 Å². The molecule has 5 nitrogen and oxygen atoms in total. The van der Waals surface area contributed by atoms with Crippen molar-refractivity contribution in [2.45, 2.75) is 13.0 Å². The van der Waals surface area contributed by atoms with Crippen LogP contribution in [0.3, 0.4) is 0 Å². The van der Waals surface area contributed by atoms with Gasteiger partial charge in [-0.2, -0.15) is 0 Å². The van der Waals surface area contributed by atoms with Crippen molar-refractivity contribution in [3.63, 3.8) is 0 Å². The molecule has 1 atom stereocenters. The minimum atomic E-state index is -1.64. The number of amides is 2. The van der Waals surface area contributed by atoms with Crippen molar-refractivity contribution in [3.8, 4) is 0 Å². The quantitative estimate of drug-likeness (QED) is 0.814. The predicted octanol–water partition coefficient (Wildman–Crippen LogP) is 0.863. The largest absolute Gasteiger partial charge is 0.354 e. The molecule has 1 aliphatic rings. The highest BCUT2D eigenvalue weighted by atomic mass is 19.2. The Morgan fingerprint density at radius 3 is 2.71 bits per heavy atom. The van der Waals surface area contributed by atoms with Crippen LogP contribution < -0.4 is 10.6 Å². The molecule has 0 unspecified atom stereocenters. The monoisotopic (exact) mass is 301 g/mol. The number of carbonyl (C=O) groups is 2. The molecular weight excluding hydrogens is 287 g/mol. The first-order valence-electron chi connectivity index (χ1n) is 6.35. The van der Waals surface area contributed by atoms with Crippen molar-refractivity contribution in [3.05, 3.63) is 29.6 Å². The molecule has 1 aliphatic heterocycles. The van der Waals surface area contributed by atoms with E-state index in [9.17, 15) is 22.8 Å². The fourth-order valence-electron chi connectivity index (χ4n) is 2.01. The first kappa shape index (κ1) is 15.3. The number of anilines is 1. The number of nitrogens with zero attached hydrogens (tertiary/aromatic N) is 1. The molecule has 8 heteroatoms. The summed E-state index contributed by atoms with van der Waals surface area (Å²) in [5.41, 5.74) is -0.438. The molecule has 0 saturated carbocycles. The predicted molar refractivity (Wildman–Crippen MR) is 69.0 cm³/mol. The van der Waals surface area contributed by atoms with Crippen LogP contribution in [0.2, 0.25) is 0 Å². The summed E-state index contributed by atoms with van der Waals surface area (Å²) >= 11 is 0. The van der Waals surface area contributed by atoms with Gasteiger partial charge in [0.15, 0.2) is 17.5 Å². The van der Waals surface area contributed by atoms with E-state index in [1.54, 1.807) is 11.8 Å². The number of hydrogen-bond acceptors (Lipinski definition) is 3. The maximum absolute atomic E-state index is 13.5. The van der Waals surface area contributed by atoms with Gasteiger partial charge in [0.2, 0.25) is 11.8 Å². The Morgan fingerprint density at radius 1 is 1.33 bits per heavy atom. The molecule has 21 heavy (non-hydrogen) atoms. The van der Waals surface area contributed by atoms with E-state index >= 15 is 0 Å². The fraction of sp³-hybridized carbons (Fsp3) is 0.385. The van der Waals surface area contributed by atoms with Gasteiger partial charge in [-0.25, -0.2) is 13.2 Å². The third-order valence-corrected chi connectivity index (χ3v) is 3.29. The molecule has 1 aromatic rings. The molecule has 2 rings (SSSR count). The molecule has 1 aromatic carbocycles. The summed E-state index contributed by atoms with van der Waals surface area (Å²) in [6, 6.07) is 0.970. The van der Waals surface area contributed by atoms with E-state index in [2.05, 4.69) is 10.6 Å². The van der Waals surface area contributed by atoms with Crippen LogP contribution in [0.25, 0.3) is 0 Å². The average Bonchev–Trinajstić information content (AvgIpc) is 2.47. The molecule has 114 valence electrons. The third kappa shape index (κ3) is 3.33. The van der Waals surface area contributed by atoms with Gasteiger partial charge >= 0.3 is 0 Å². The second kappa shape index (κ2) is 6.13. The van der Waals surface area contributed by atoms with E-state index < -0.39 is 35.1 Å². The molecule has 2 N–H and O–H groups in total. The highest BCUT2D eigenvalue weighted by molar-refractivity contribution is 5.95. The maximum Gasteiger partial charge on any atom is 0.241 e. The topological polar surface area (TPSA) is 61.4 Å². The number of carbonyl (C=O) groups excluding carboxylic acids is 2. The molecule has 0 aromatic heterocycles. The summed E-state index contributed by atoms with van der Waals surface area (Å²) in [5, 5.41) is 4.81. The second-order valence-corrected chi connectivity index (χ2v) is 4.71. The lowest BCUT2D eigenvalue weighted by Crippen LogP contribution is -2.53. The maximum atomic E-state index is 13.5. The Hall–Kier alpha value is -2.09. The first-order chi connectivity index (χ1) is 9.90. The molecule has 1 heterocycles. The number of nitrogens with one attached hydrogen (secondary N) is 2. The van der Waals surface area contributed by atoms with Gasteiger partial charge in [-0.1, -0.05) is 0 Å². The minimum absolute atomic E-state index is 0.0504. The van der Waals surface area contributed by atoms with Gasteiger partial charge in [-0.15, -0.1) is 0 Å². The lowest BCUT2D eigenvalue weighted by atomic mass is 10.2. The highest BCUT2D eigenvalue weighted by Crippen LogP contribution is 2.20. The van der Waals surface area contributed by atoms with Crippen molar-refractivity contribution in [1.29, 1.82) is 0 Å². The molecule has 0 radical (unpaired) electrons. The van der Waals surface area contributed by atoms with Gasteiger partial charge in [0.25, 0.3) is 0 Å². The van der Waals surface area contributed by atoms with E-state index in [1.165, 1.54) is 0 Å².